The first-order valence-corrected chi connectivity index (χ1v) is 20.0. The highest BCUT2D eigenvalue weighted by Crippen LogP contribution is 2.42. The fourth-order valence-electron chi connectivity index (χ4n) is 8.05. The van der Waals surface area contributed by atoms with Crippen molar-refractivity contribution in [1.82, 2.24) is 19.9 Å². The Balaban J connectivity index is 0.986. The van der Waals surface area contributed by atoms with Gasteiger partial charge >= 0.3 is 0 Å². The number of thiophene rings is 1. The SMILES string of the molecule is Cc1ccccc1-c1nc(-c2ccc(-c3ccccc3)cc2)nc(-c2cccc(-c3ccc4c(c3)[nH]c3c4ccc4c5cc(-c6ccccc6)ccc5sc43)c2)n1. The van der Waals surface area contributed by atoms with Crippen LogP contribution in [0.3, 0.4) is 0 Å². The zero-order valence-electron chi connectivity index (χ0n) is 31.1. The van der Waals surface area contributed by atoms with Crippen LogP contribution in [-0.2, 0) is 0 Å². The molecule has 0 aliphatic carbocycles. The second-order valence-electron chi connectivity index (χ2n) is 14.6. The molecule has 0 atom stereocenters. The highest BCUT2D eigenvalue weighted by atomic mass is 32.1. The normalized spacial score (nSPS) is 11.6. The lowest BCUT2D eigenvalue weighted by Gasteiger charge is -2.11. The van der Waals surface area contributed by atoms with Crippen LogP contribution in [0, 0.1) is 6.92 Å². The van der Waals surface area contributed by atoms with Gasteiger partial charge in [-0.1, -0.05) is 158 Å². The molecule has 0 saturated carbocycles. The van der Waals surface area contributed by atoms with Gasteiger partial charge in [-0.25, -0.2) is 15.0 Å². The van der Waals surface area contributed by atoms with Crippen molar-refractivity contribution in [2.75, 3.05) is 0 Å². The Bertz CT molecular complexity index is 3290. The number of hydrogen-bond donors (Lipinski definition) is 1. The first-order valence-electron chi connectivity index (χ1n) is 19.2. The molecule has 0 bridgehead atoms. The van der Waals surface area contributed by atoms with E-state index in [0.717, 1.165) is 44.5 Å². The Morgan fingerprint density at radius 3 is 1.72 bits per heavy atom. The molecule has 1 N–H and O–H groups in total. The summed E-state index contributed by atoms with van der Waals surface area (Å²) >= 11 is 1.86. The maximum atomic E-state index is 5.09. The van der Waals surface area contributed by atoms with E-state index in [9.17, 15) is 0 Å². The van der Waals surface area contributed by atoms with Gasteiger partial charge in [0.15, 0.2) is 17.5 Å². The molecule has 0 amide bonds. The molecule has 57 heavy (non-hydrogen) atoms. The summed E-state index contributed by atoms with van der Waals surface area (Å²) in [6.07, 6.45) is 0. The quantitative estimate of drug-likeness (QED) is 0.184. The third-order valence-corrected chi connectivity index (χ3v) is 12.2. The molecule has 5 heteroatoms. The smallest absolute Gasteiger partial charge is 0.164 e. The lowest BCUT2D eigenvalue weighted by atomic mass is 10.0. The summed E-state index contributed by atoms with van der Waals surface area (Å²) in [4.78, 5) is 19.0. The van der Waals surface area contributed by atoms with Gasteiger partial charge in [0.1, 0.15) is 0 Å². The summed E-state index contributed by atoms with van der Waals surface area (Å²) in [6, 6.07) is 64.5. The van der Waals surface area contributed by atoms with Crippen molar-refractivity contribution in [3.8, 4) is 67.5 Å². The number of aryl methyl sites for hydroxylation is 1. The predicted molar refractivity (Wildman–Crippen MR) is 239 cm³/mol. The van der Waals surface area contributed by atoms with Crippen LogP contribution >= 0.6 is 11.3 Å². The molecule has 11 rings (SSSR count). The Morgan fingerprint density at radius 1 is 0.386 bits per heavy atom. The van der Waals surface area contributed by atoms with Crippen LogP contribution in [-0.4, -0.2) is 19.9 Å². The number of benzene rings is 8. The summed E-state index contributed by atoms with van der Waals surface area (Å²) in [6.45, 7) is 2.10. The average Bonchev–Trinajstić information content (AvgIpc) is 3.85. The van der Waals surface area contributed by atoms with Gasteiger partial charge in [0.05, 0.1) is 10.2 Å². The lowest BCUT2D eigenvalue weighted by molar-refractivity contribution is 1.07. The van der Waals surface area contributed by atoms with Crippen molar-refractivity contribution in [1.29, 1.82) is 0 Å². The molecule has 0 aliphatic heterocycles. The van der Waals surface area contributed by atoms with Crippen molar-refractivity contribution in [2.45, 2.75) is 6.92 Å². The molecule has 268 valence electrons. The number of aromatic amines is 1. The lowest BCUT2D eigenvalue weighted by Crippen LogP contribution is -2.01. The van der Waals surface area contributed by atoms with Crippen LogP contribution in [0.4, 0.5) is 0 Å². The van der Waals surface area contributed by atoms with Crippen LogP contribution in [0.1, 0.15) is 5.56 Å². The van der Waals surface area contributed by atoms with Crippen LogP contribution in [0.5, 0.6) is 0 Å². The molecule has 3 aromatic heterocycles. The molecule has 0 spiro atoms. The molecule has 0 saturated heterocycles. The second kappa shape index (κ2) is 13.5. The van der Waals surface area contributed by atoms with E-state index < -0.39 is 0 Å². The number of hydrogen-bond acceptors (Lipinski definition) is 4. The molecule has 11 aromatic rings. The molecule has 0 aliphatic rings. The number of H-pyrrole nitrogens is 1. The maximum absolute atomic E-state index is 5.09. The number of nitrogens with one attached hydrogen (secondary N) is 1. The van der Waals surface area contributed by atoms with Crippen molar-refractivity contribution < 1.29 is 0 Å². The van der Waals surface area contributed by atoms with E-state index in [4.69, 9.17) is 15.0 Å². The van der Waals surface area contributed by atoms with Gasteiger partial charge in [0.2, 0.25) is 0 Å². The van der Waals surface area contributed by atoms with Crippen molar-refractivity contribution in [3.63, 3.8) is 0 Å². The fraction of sp³-hybridized carbons (Fsp3) is 0.0192. The van der Waals surface area contributed by atoms with Crippen molar-refractivity contribution in [3.05, 3.63) is 188 Å². The Kier molecular flexibility index (Phi) is 7.86. The van der Waals surface area contributed by atoms with Gasteiger partial charge in [-0.2, -0.15) is 0 Å². The summed E-state index contributed by atoms with van der Waals surface area (Å²) in [5.41, 5.74) is 13.3. The molecule has 0 unspecified atom stereocenters. The van der Waals surface area contributed by atoms with Gasteiger partial charge in [-0.15, -0.1) is 11.3 Å². The van der Waals surface area contributed by atoms with E-state index >= 15 is 0 Å². The van der Waals surface area contributed by atoms with Crippen LogP contribution in [0.15, 0.2) is 182 Å². The zero-order chi connectivity index (χ0) is 37.9. The number of aromatic nitrogens is 4. The first-order chi connectivity index (χ1) is 28.1. The van der Waals surface area contributed by atoms with Crippen LogP contribution < -0.4 is 0 Å². The molecule has 8 aromatic carbocycles. The maximum Gasteiger partial charge on any atom is 0.164 e. The third-order valence-electron chi connectivity index (χ3n) is 11.0. The molecule has 0 fully saturated rings. The van der Waals surface area contributed by atoms with E-state index in [0.29, 0.717) is 17.5 Å². The average molecular weight is 747 g/mol. The summed E-state index contributed by atoms with van der Waals surface area (Å²) in [5.74, 6) is 1.95. The fourth-order valence-corrected chi connectivity index (χ4v) is 9.24. The highest BCUT2D eigenvalue weighted by molar-refractivity contribution is 7.26. The van der Waals surface area contributed by atoms with Crippen LogP contribution in [0.25, 0.3) is 110 Å². The Hall–Kier alpha value is -7.21. The van der Waals surface area contributed by atoms with Gasteiger partial charge in [0.25, 0.3) is 0 Å². The predicted octanol–water partition coefficient (Wildman–Crippen LogP) is 14.2. The first kappa shape index (κ1) is 33.2. The van der Waals surface area contributed by atoms with E-state index in [2.05, 4.69) is 176 Å². The van der Waals surface area contributed by atoms with Gasteiger partial charge < -0.3 is 4.98 Å². The van der Waals surface area contributed by atoms with Crippen LogP contribution in [0.2, 0.25) is 0 Å². The number of rotatable bonds is 6. The molecule has 3 heterocycles. The van der Waals surface area contributed by atoms with Gasteiger partial charge in [-0.3, -0.25) is 0 Å². The van der Waals surface area contributed by atoms with E-state index in [1.807, 2.05) is 29.5 Å². The Labute approximate surface area is 333 Å². The van der Waals surface area contributed by atoms with Crippen molar-refractivity contribution in [2.24, 2.45) is 0 Å². The third kappa shape index (κ3) is 5.88. The monoisotopic (exact) mass is 746 g/mol. The minimum Gasteiger partial charge on any atom is -0.353 e. The zero-order valence-corrected chi connectivity index (χ0v) is 31.9. The summed E-state index contributed by atoms with van der Waals surface area (Å²) < 4.78 is 2.59. The largest absolute Gasteiger partial charge is 0.353 e. The van der Waals surface area contributed by atoms with Crippen molar-refractivity contribution >= 4 is 53.3 Å². The molecule has 4 nitrogen and oxygen atoms in total. The topological polar surface area (TPSA) is 54.5 Å². The van der Waals surface area contributed by atoms with E-state index in [1.54, 1.807) is 0 Å². The van der Waals surface area contributed by atoms with E-state index in [-0.39, 0.29) is 0 Å². The Morgan fingerprint density at radius 2 is 0.930 bits per heavy atom. The second-order valence-corrected chi connectivity index (χ2v) is 15.6. The summed E-state index contributed by atoms with van der Waals surface area (Å²) in [5, 5.41) is 5.04. The molecule has 0 radical (unpaired) electrons. The number of fused-ring (bicyclic) bond motifs is 7. The van der Waals surface area contributed by atoms with Gasteiger partial charge in [0, 0.05) is 48.5 Å². The molecular weight excluding hydrogens is 713 g/mol. The van der Waals surface area contributed by atoms with Gasteiger partial charge in [-0.05, 0) is 70.1 Å². The van der Waals surface area contributed by atoms with E-state index in [1.165, 1.54) is 53.2 Å². The minimum absolute atomic E-state index is 0.640. The standard InChI is InChI=1S/C52H34N4S/c1-32-11-8-9-18-41(32)52-55-50(36-21-19-35(20-22-36)33-12-4-2-5-13-33)54-51(56-52)40-17-10-16-37(29-40)39-23-25-42-43-26-27-44-45-30-38(34-14-6-3-7-15-34)24-28-47(45)57-49(44)48(43)53-46(42)31-39/h2-31,53H,1H3. The number of nitrogens with zero attached hydrogens (tertiary/aromatic N) is 3. The highest BCUT2D eigenvalue weighted by Gasteiger charge is 2.17. The molecular formula is C52H34N4S. The summed E-state index contributed by atoms with van der Waals surface area (Å²) in [7, 11) is 0. The minimum atomic E-state index is 0.640.